The number of rotatable bonds is 5. The average molecular weight is 293 g/mol. The average Bonchev–Trinajstić information content (AvgIpc) is 2.47. The van der Waals surface area contributed by atoms with Crippen molar-refractivity contribution in [2.24, 2.45) is 0 Å². The molecule has 116 valence electrons. The lowest BCUT2D eigenvalue weighted by molar-refractivity contribution is -0.384. The molecule has 0 bridgehead atoms. The van der Waals surface area contributed by atoms with Crippen molar-refractivity contribution in [3.8, 4) is 0 Å². The number of aryl methyl sites for hydroxylation is 1. The topological polar surface area (TPSA) is 77.3 Å². The number of pyridine rings is 1. The first-order chi connectivity index (χ1) is 10.0. The Labute approximate surface area is 125 Å². The summed E-state index contributed by atoms with van der Waals surface area (Å²) in [6.07, 6.45) is 5.20. The highest BCUT2D eigenvalue weighted by molar-refractivity contribution is 5.60. The van der Waals surface area contributed by atoms with Crippen LogP contribution in [0.1, 0.15) is 45.1 Å². The van der Waals surface area contributed by atoms with Gasteiger partial charge >= 0.3 is 5.69 Å². The molecule has 1 atom stereocenters. The van der Waals surface area contributed by atoms with Gasteiger partial charge in [0.1, 0.15) is 0 Å². The van der Waals surface area contributed by atoms with Crippen molar-refractivity contribution in [2.45, 2.75) is 58.1 Å². The van der Waals surface area contributed by atoms with Crippen LogP contribution in [0.15, 0.2) is 12.3 Å². The Hall–Kier alpha value is -1.69. The van der Waals surface area contributed by atoms with Crippen molar-refractivity contribution in [3.05, 3.63) is 27.9 Å². The lowest BCUT2D eigenvalue weighted by atomic mass is 9.86. The molecule has 1 N–H and O–H groups in total. The summed E-state index contributed by atoms with van der Waals surface area (Å²) >= 11 is 0. The highest BCUT2D eigenvalue weighted by Gasteiger charge is 2.35. The van der Waals surface area contributed by atoms with Crippen molar-refractivity contribution in [2.75, 3.05) is 11.9 Å². The summed E-state index contributed by atoms with van der Waals surface area (Å²) in [6, 6.07) is 1.82. The quantitative estimate of drug-likeness (QED) is 0.664. The number of aromatic nitrogens is 1. The van der Waals surface area contributed by atoms with E-state index >= 15 is 0 Å². The number of anilines is 1. The minimum atomic E-state index is -0.364. The molecule has 2 rings (SSSR count). The molecule has 6 nitrogen and oxygen atoms in total. The zero-order chi connectivity index (χ0) is 15.5. The smallest absolute Gasteiger partial charge is 0.314 e. The van der Waals surface area contributed by atoms with Crippen LogP contribution in [0.2, 0.25) is 0 Å². The van der Waals surface area contributed by atoms with Crippen molar-refractivity contribution >= 4 is 11.5 Å². The van der Waals surface area contributed by atoms with Gasteiger partial charge in [-0.15, -0.1) is 0 Å². The molecule has 0 aromatic carbocycles. The number of nitrogens with zero attached hydrogens (tertiary/aromatic N) is 2. The lowest BCUT2D eigenvalue weighted by Crippen LogP contribution is -2.43. The highest BCUT2D eigenvalue weighted by Crippen LogP contribution is 2.34. The number of nitro groups is 1. The molecule has 1 unspecified atom stereocenters. The number of hydrogen-bond acceptors (Lipinski definition) is 5. The van der Waals surface area contributed by atoms with E-state index in [0.717, 1.165) is 25.7 Å². The summed E-state index contributed by atoms with van der Waals surface area (Å²) in [7, 11) is 0. The van der Waals surface area contributed by atoms with Crippen LogP contribution >= 0.6 is 0 Å². The molecule has 0 amide bonds. The summed E-state index contributed by atoms with van der Waals surface area (Å²) in [5.74, 6) is 0.369. The van der Waals surface area contributed by atoms with Crippen molar-refractivity contribution < 1.29 is 9.66 Å². The van der Waals surface area contributed by atoms with E-state index in [0.29, 0.717) is 18.0 Å². The number of nitrogens with one attached hydrogen (secondary N) is 1. The second-order valence-corrected chi connectivity index (χ2v) is 5.65. The van der Waals surface area contributed by atoms with Gasteiger partial charge in [0, 0.05) is 24.4 Å². The van der Waals surface area contributed by atoms with Crippen LogP contribution in [0.4, 0.5) is 11.5 Å². The Morgan fingerprint density at radius 3 is 2.86 bits per heavy atom. The second-order valence-electron chi connectivity index (χ2n) is 5.65. The van der Waals surface area contributed by atoms with Crippen molar-refractivity contribution in [3.63, 3.8) is 0 Å². The van der Waals surface area contributed by atoms with E-state index in [1.54, 1.807) is 19.2 Å². The Morgan fingerprint density at radius 1 is 1.52 bits per heavy atom. The summed E-state index contributed by atoms with van der Waals surface area (Å²) in [6.45, 7) is 6.66. The van der Waals surface area contributed by atoms with E-state index in [-0.39, 0.29) is 22.3 Å². The minimum absolute atomic E-state index is 0.0718. The van der Waals surface area contributed by atoms with Crippen LogP contribution in [-0.2, 0) is 4.74 Å². The van der Waals surface area contributed by atoms with Gasteiger partial charge in [0.15, 0.2) is 0 Å². The summed E-state index contributed by atoms with van der Waals surface area (Å²) < 4.78 is 5.94. The van der Waals surface area contributed by atoms with Gasteiger partial charge in [0.05, 0.1) is 10.5 Å². The fraction of sp³-hybridized carbons (Fsp3) is 0.667. The lowest BCUT2D eigenvalue weighted by Gasteiger charge is -2.40. The maximum absolute atomic E-state index is 11.2. The predicted molar refractivity (Wildman–Crippen MR) is 81.5 cm³/mol. The molecule has 1 aliphatic heterocycles. The predicted octanol–water partition coefficient (Wildman–Crippen LogP) is 3.45. The van der Waals surface area contributed by atoms with E-state index in [1.165, 1.54) is 0 Å². The molecular weight excluding hydrogens is 270 g/mol. The van der Waals surface area contributed by atoms with E-state index < -0.39 is 0 Å². The van der Waals surface area contributed by atoms with Crippen LogP contribution in [-0.4, -0.2) is 28.2 Å². The third-order valence-corrected chi connectivity index (χ3v) is 4.43. The van der Waals surface area contributed by atoms with Gasteiger partial charge < -0.3 is 10.1 Å². The Balaban J connectivity index is 2.19. The Bertz CT molecular complexity index is 515. The summed E-state index contributed by atoms with van der Waals surface area (Å²) in [5, 5.41) is 14.5. The normalized spacial score (nSPS) is 21.0. The SMILES string of the molecule is CCC1(CC)CC(Nc2nccc(C)c2[N+](=O)[O-])CCO1. The maximum Gasteiger partial charge on any atom is 0.314 e. The van der Waals surface area contributed by atoms with Gasteiger partial charge in [0.2, 0.25) is 5.82 Å². The molecule has 21 heavy (non-hydrogen) atoms. The van der Waals surface area contributed by atoms with E-state index in [9.17, 15) is 10.1 Å². The third-order valence-electron chi connectivity index (χ3n) is 4.43. The molecule has 1 saturated heterocycles. The van der Waals surface area contributed by atoms with Gasteiger partial charge in [-0.05, 0) is 38.7 Å². The standard InChI is InChI=1S/C15H23N3O3/c1-4-15(5-2)10-12(7-9-21-15)17-14-13(18(19)20)11(3)6-8-16-14/h6,8,12H,4-5,7,9-10H2,1-3H3,(H,16,17). The molecule has 1 aromatic heterocycles. The first-order valence-electron chi connectivity index (χ1n) is 7.52. The van der Waals surface area contributed by atoms with Gasteiger partial charge in [-0.3, -0.25) is 10.1 Å². The minimum Gasteiger partial charge on any atom is -0.375 e. The first kappa shape index (κ1) is 15.7. The van der Waals surface area contributed by atoms with Gasteiger partial charge in [0.25, 0.3) is 0 Å². The van der Waals surface area contributed by atoms with E-state index in [4.69, 9.17) is 4.74 Å². The van der Waals surface area contributed by atoms with Crippen molar-refractivity contribution in [1.82, 2.24) is 4.98 Å². The largest absolute Gasteiger partial charge is 0.375 e. The van der Waals surface area contributed by atoms with E-state index in [2.05, 4.69) is 24.1 Å². The summed E-state index contributed by atoms with van der Waals surface area (Å²) in [4.78, 5) is 15.0. The zero-order valence-corrected chi connectivity index (χ0v) is 12.9. The molecule has 0 saturated carbocycles. The molecule has 2 heterocycles. The molecule has 0 radical (unpaired) electrons. The van der Waals surface area contributed by atoms with Crippen LogP contribution in [0.25, 0.3) is 0 Å². The van der Waals surface area contributed by atoms with Gasteiger partial charge in [-0.1, -0.05) is 13.8 Å². The molecule has 1 aromatic rings. The maximum atomic E-state index is 11.2. The molecule has 0 spiro atoms. The van der Waals surface area contributed by atoms with Crippen LogP contribution in [0, 0.1) is 17.0 Å². The molecule has 1 fully saturated rings. The molecule has 6 heteroatoms. The highest BCUT2D eigenvalue weighted by atomic mass is 16.6. The van der Waals surface area contributed by atoms with Crippen molar-refractivity contribution in [1.29, 1.82) is 0 Å². The van der Waals surface area contributed by atoms with Crippen LogP contribution in [0.5, 0.6) is 0 Å². The summed E-state index contributed by atoms with van der Waals surface area (Å²) in [5.41, 5.74) is 0.582. The van der Waals surface area contributed by atoms with Crippen LogP contribution in [0.3, 0.4) is 0 Å². The van der Waals surface area contributed by atoms with Crippen LogP contribution < -0.4 is 5.32 Å². The number of ether oxygens (including phenoxy) is 1. The van der Waals surface area contributed by atoms with Gasteiger partial charge in [-0.2, -0.15) is 0 Å². The third kappa shape index (κ3) is 3.32. The zero-order valence-electron chi connectivity index (χ0n) is 12.9. The molecule has 1 aliphatic rings. The number of hydrogen-bond donors (Lipinski definition) is 1. The Morgan fingerprint density at radius 2 is 2.24 bits per heavy atom. The monoisotopic (exact) mass is 293 g/mol. The fourth-order valence-corrected chi connectivity index (χ4v) is 2.97. The fourth-order valence-electron chi connectivity index (χ4n) is 2.97. The second kappa shape index (κ2) is 6.39. The Kier molecular flexibility index (Phi) is 4.77. The first-order valence-corrected chi connectivity index (χ1v) is 7.52. The van der Waals surface area contributed by atoms with Gasteiger partial charge in [-0.25, -0.2) is 4.98 Å². The van der Waals surface area contributed by atoms with E-state index in [1.807, 2.05) is 0 Å². The molecule has 0 aliphatic carbocycles. The molecular formula is C15H23N3O3.